The van der Waals surface area contributed by atoms with Gasteiger partial charge in [-0.15, -0.1) is 0 Å². The van der Waals surface area contributed by atoms with Gasteiger partial charge in [0.05, 0.1) is 7.11 Å². The van der Waals surface area contributed by atoms with Crippen molar-refractivity contribution in [3.8, 4) is 5.75 Å². The first-order valence-electron chi connectivity index (χ1n) is 5.37. The third-order valence-corrected chi connectivity index (χ3v) is 2.44. The molecule has 1 heterocycles. The summed E-state index contributed by atoms with van der Waals surface area (Å²) in [5, 5.41) is 12.4. The second kappa shape index (κ2) is 5.45. The third kappa shape index (κ3) is 3.04. The molecule has 0 saturated carbocycles. The molecule has 0 fully saturated rings. The van der Waals surface area contributed by atoms with Gasteiger partial charge in [0.25, 0.3) is 0 Å². The van der Waals surface area contributed by atoms with Gasteiger partial charge in [0.15, 0.2) is 5.82 Å². The zero-order chi connectivity index (χ0) is 12.1. The van der Waals surface area contributed by atoms with Crippen LogP contribution in [0.3, 0.4) is 0 Å². The van der Waals surface area contributed by atoms with Gasteiger partial charge in [-0.2, -0.15) is 4.98 Å². The zero-order valence-electron chi connectivity index (χ0n) is 9.59. The highest BCUT2D eigenvalue weighted by molar-refractivity contribution is 5.27. The minimum Gasteiger partial charge on any atom is -0.497 e. The Hall–Kier alpha value is -1.88. The van der Waals surface area contributed by atoms with Crippen molar-refractivity contribution in [1.82, 2.24) is 10.1 Å². The van der Waals surface area contributed by atoms with E-state index in [9.17, 15) is 0 Å². The molecule has 0 unspecified atom stereocenters. The Bertz CT molecular complexity index is 465. The predicted molar refractivity (Wildman–Crippen MR) is 60.6 cm³/mol. The van der Waals surface area contributed by atoms with Gasteiger partial charge in [0.1, 0.15) is 12.4 Å². The Balaban J connectivity index is 1.92. The van der Waals surface area contributed by atoms with Gasteiger partial charge in [0, 0.05) is 6.42 Å². The molecule has 0 saturated heterocycles. The number of aryl methyl sites for hydroxylation is 2. The van der Waals surface area contributed by atoms with Crippen molar-refractivity contribution in [2.75, 3.05) is 7.11 Å². The average Bonchev–Trinajstić information content (AvgIpc) is 2.85. The summed E-state index contributed by atoms with van der Waals surface area (Å²) >= 11 is 0. The van der Waals surface area contributed by atoms with Crippen LogP contribution in [0.25, 0.3) is 0 Å². The molecular formula is C12H14N2O3. The summed E-state index contributed by atoms with van der Waals surface area (Å²) in [4.78, 5) is 4.03. The van der Waals surface area contributed by atoms with Crippen LogP contribution in [-0.2, 0) is 19.4 Å². The minimum atomic E-state index is -0.188. The predicted octanol–water partition coefficient (Wildman–Crippen LogP) is 1.36. The Morgan fingerprint density at radius 3 is 2.59 bits per heavy atom. The van der Waals surface area contributed by atoms with Crippen molar-refractivity contribution in [2.45, 2.75) is 19.4 Å². The lowest BCUT2D eigenvalue weighted by Gasteiger charge is -2.01. The largest absolute Gasteiger partial charge is 0.497 e. The minimum absolute atomic E-state index is 0.188. The van der Waals surface area contributed by atoms with Crippen molar-refractivity contribution >= 4 is 0 Å². The topological polar surface area (TPSA) is 68.4 Å². The number of nitrogens with zero attached hydrogens (tertiary/aromatic N) is 2. The molecule has 17 heavy (non-hydrogen) atoms. The molecule has 0 bridgehead atoms. The van der Waals surface area contributed by atoms with E-state index in [0.717, 1.165) is 12.2 Å². The Labute approximate surface area is 99.0 Å². The van der Waals surface area contributed by atoms with Crippen molar-refractivity contribution < 1.29 is 14.4 Å². The summed E-state index contributed by atoms with van der Waals surface area (Å²) < 4.78 is 10.1. The first kappa shape index (κ1) is 11.6. The molecular weight excluding hydrogens is 220 g/mol. The molecule has 1 aromatic carbocycles. The molecule has 0 aliphatic heterocycles. The molecule has 0 amide bonds. The molecule has 2 rings (SSSR count). The number of methoxy groups -OCH3 is 1. The number of benzene rings is 1. The lowest BCUT2D eigenvalue weighted by Crippen LogP contribution is -1.93. The SMILES string of the molecule is COc1ccc(CCc2nc(CO)no2)cc1. The summed E-state index contributed by atoms with van der Waals surface area (Å²) in [6, 6.07) is 7.84. The van der Waals surface area contributed by atoms with Crippen LogP contribution in [0.1, 0.15) is 17.3 Å². The van der Waals surface area contributed by atoms with Crippen LogP contribution in [0.4, 0.5) is 0 Å². The summed E-state index contributed by atoms with van der Waals surface area (Å²) in [5.74, 6) is 1.72. The fourth-order valence-electron chi connectivity index (χ4n) is 1.50. The lowest BCUT2D eigenvalue weighted by atomic mass is 10.1. The van der Waals surface area contributed by atoms with E-state index in [1.807, 2.05) is 24.3 Å². The van der Waals surface area contributed by atoms with Gasteiger partial charge < -0.3 is 14.4 Å². The number of aromatic nitrogens is 2. The number of aliphatic hydroxyl groups excluding tert-OH is 1. The number of rotatable bonds is 5. The van der Waals surface area contributed by atoms with Crippen LogP contribution < -0.4 is 4.74 Å². The monoisotopic (exact) mass is 234 g/mol. The van der Waals surface area contributed by atoms with Crippen LogP contribution in [-0.4, -0.2) is 22.4 Å². The molecule has 90 valence electrons. The molecule has 0 aliphatic carbocycles. The van der Waals surface area contributed by atoms with Crippen LogP contribution >= 0.6 is 0 Å². The first-order chi connectivity index (χ1) is 8.31. The normalized spacial score (nSPS) is 10.5. The van der Waals surface area contributed by atoms with Crippen molar-refractivity contribution in [1.29, 1.82) is 0 Å². The van der Waals surface area contributed by atoms with E-state index in [1.54, 1.807) is 7.11 Å². The van der Waals surface area contributed by atoms with E-state index in [0.29, 0.717) is 18.1 Å². The molecule has 2 aromatic rings. The van der Waals surface area contributed by atoms with E-state index in [2.05, 4.69) is 10.1 Å². The zero-order valence-corrected chi connectivity index (χ0v) is 9.59. The Morgan fingerprint density at radius 1 is 1.24 bits per heavy atom. The molecule has 1 N–H and O–H groups in total. The molecule has 5 heteroatoms. The maximum atomic E-state index is 8.79. The van der Waals surface area contributed by atoms with Crippen molar-refractivity contribution in [3.05, 3.63) is 41.5 Å². The standard InChI is InChI=1S/C12H14N2O3/c1-16-10-5-2-9(3-6-10)4-7-12-13-11(8-15)14-17-12/h2-3,5-6,15H,4,7-8H2,1H3. The van der Waals surface area contributed by atoms with E-state index < -0.39 is 0 Å². The smallest absolute Gasteiger partial charge is 0.227 e. The van der Waals surface area contributed by atoms with Gasteiger partial charge >= 0.3 is 0 Å². The second-order valence-electron chi connectivity index (χ2n) is 3.61. The Kier molecular flexibility index (Phi) is 3.72. The van der Waals surface area contributed by atoms with E-state index in [-0.39, 0.29) is 6.61 Å². The molecule has 0 atom stereocenters. The maximum absolute atomic E-state index is 8.79. The summed E-state index contributed by atoms with van der Waals surface area (Å²) in [6.07, 6.45) is 1.48. The lowest BCUT2D eigenvalue weighted by molar-refractivity contribution is 0.262. The first-order valence-corrected chi connectivity index (χ1v) is 5.37. The molecule has 0 radical (unpaired) electrons. The molecule has 1 aromatic heterocycles. The molecule has 0 aliphatic rings. The fourth-order valence-corrected chi connectivity index (χ4v) is 1.50. The number of hydrogen-bond acceptors (Lipinski definition) is 5. The molecule has 0 spiro atoms. The van der Waals surface area contributed by atoms with E-state index >= 15 is 0 Å². The third-order valence-electron chi connectivity index (χ3n) is 2.44. The van der Waals surface area contributed by atoms with Crippen LogP contribution in [0.5, 0.6) is 5.75 Å². The van der Waals surface area contributed by atoms with E-state index in [4.69, 9.17) is 14.4 Å². The van der Waals surface area contributed by atoms with Crippen LogP contribution in [0, 0.1) is 0 Å². The quantitative estimate of drug-likeness (QED) is 0.845. The number of hydrogen-bond donors (Lipinski definition) is 1. The van der Waals surface area contributed by atoms with Crippen molar-refractivity contribution in [2.24, 2.45) is 0 Å². The van der Waals surface area contributed by atoms with Crippen LogP contribution in [0.15, 0.2) is 28.8 Å². The Morgan fingerprint density at radius 2 is 2.00 bits per heavy atom. The fraction of sp³-hybridized carbons (Fsp3) is 0.333. The summed E-state index contributed by atoms with van der Waals surface area (Å²) in [5.41, 5.74) is 1.18. The summed E-state index contributed by atoms with van der Waals surface area (Å²) in [6.45, 7) is -0.188. The van der Waals surface area contributed by atoms with Gasteiger partial charge in [-0.1, -0.05) is 17.3 Å². The van der Waals surface area contributed by atoms with Gasteiger partial charge in [-0.25, -0.2) is 0 Å². The van der Waals surface area contributed by atoms with Crippen molar-refractivity contribution in [3.63, 3.8) is 0 Å². The molecule has 5 nitrogen and oxygen atoms in total. The van der Waals surface area contributed by atoms with Gasteiger partial charge in [-0.05, 0) is 24.1 Å². The van der Waals surface area contributed by atoms with Gasteiger partial charge in [-0.3, -0.25) is 0 Å². The summed E-state index contributed by atoms with van der Waals surface area (Å²) in [7, 11) is 1.64. The average molecular weight is 234 g/mol. The maximum Gasteiger partial charge on any atom is 0.227 e. The highest BCUT2D eigenvalue weighted by Gasteiger charge is 2.05. The van der Waals surface area contributed by atoms with Gasteiger partial charge in [0.2, 0.25) is 5.89 Å². The number of ether oxygens (including phenoxy) is 1. The highest BCUT2D eigenvalue weighted by atomic mass is 16.5. The van der Waals surface area contributed by atoms with E-state index in [1.165, 1.54) is 5.56 Å². The van der Waals surface area contributed by atoms with Crippen LogP contribution in [0.2, 0.25) is 0 Å². The highest BCUT2D eigenvalue weighted by Crippen LogP contribution is 2.13. The second-order valence-corrected chi connectivity index (χ2v) is 3.61. The number of aliphatic hydroxyl groups is 1.